The molecule has 0 unspecified atom stereocenters. The number of para-hydroxylation sites is 1. The minimum absolute atomic E-state index is 0.0830. The fourth-order valence-corrected chi connectivity index (χ4v) is 4.71. The highest BCUT2D eigenvalue weighted by Crippen LogP contribution is 2.42. The van der Waals surface area contributed by atoms with Gasteiger partial charge in [-0.2, -0.15) is 0 Å². The third-order valence-corrected chi connectivity index (χ3v) is 6.22. The van der Waals surface area contributed by atoms with Gasteiger partial charge in [-0.15, -0.1) is 0 Å². The van der Waals surface area contributed by atoms with E-state index in [2.05, 4.69) is 69.3 Å². The smallest absolute Gasteiger partial charge is 0.174 e. The molecule has 6 heteroatoms. The zero-order chi connectivity index (χ0) is 22.1. The lowest BCUT2D eigenvalue weighted by molar-refractivity contribution is 0.415. The molecule has 1 N–H and O–H groups in total. The van der Waals surface area contributed by atoms with Gasteiger partial charge >= 0.3 is 0 Å². The Labute approximate surface area is 193 Å². The van der Waals surface area contributed by atoms with Gasteiger partial charge in [-0.05, 0) is 79.3 Å². The first-order valence-electron chi connectivity index (χ1n) is 10.6. The largest absolute Gasteiger partial charge is 0.497 e. The van der Waals surface area contributed by atoms with Crippen LogP contribution in [0.15, 0.2) is 91.3 Å². The molecule has 32 heavy (non-hydrogen) atoms. The summed E-state index contributed by atoms with van der Waals surface area (Å²) in [5.74, 6) is 0.813. The molecule has 0 spiro atoms. The lowest BCUT2D eigenvalue weighted by atomic mass is 10.0. The lowest BCUT2D eigenvalue weighted by Gasteiger charge is -2.29. The predicted octanol–water partition coefficient (Wildman–Crippen LogP) is 5.37. The van der Waals surface area contributed by atoms with Crippen LogP contribution in [0.2, 0.25) is 0 Å². The van der Waals surface area contributed by atoms with E-state index in [0.717, 1.165) is 28.5 Å². The molecule has 0 aliphatic carbocycles. The summed E-state index contributed by atoms with van der Waals surface area (Å²) in [5.41, 5.74) is 5.46. The SMILES string of the molecule is COc1ccc(N2C(=S)N[C@@H](c3ccccn3)[C@H]2c2cccn2-c2ccccc2C)cc1. The van der Waals surface area contributed by atoms with Crippen LogP contribution in [0, 0.1) is 6.92 Å². The van der Waals surface area contributed by atoms with E-state index in [0.29, 0.717) is 5.11 Å². The normalized spacial score (nSPS) is 17.9. The number of anilines is 1. The first-order valence-corrected chi connectivity index (χ1v) is 11.0. The third-order valence-electron chi connectivity index (χ3n) is 5.91. The van der Waals surface area contributed by atoms with E-state index in [-0.39, 0.29) is 12.1 Å². The number of thiocarbonyl (C=S) groups is 1. The summed E-state index contributed by atoms with van der Waals surface area (Å²) < 4.78 is 7.61. The Bertz CT molecular complexity index is 1240. The first-order chi connectivity index (χ1) is 15.7. The minimum atomic E-state index is -0.0940. The number of hydrogen-bond donors (Lipinski definition) is 1. The second kappa shape index (κ2) is 8.48. The summed E-state index contributed by atoms with van der Waals surface area (Å²) in [4.78, 5) is 6.83. The van der Waals surface area contributed by atoms with Crippen LogP contribution in [0.4, 0.5) is 5.69 Å². The van der Waals surface area contributed by atoms with Gasteiger partial charge in [-0.25, -0.2) is 0 Å². The molecule has 160 valence electrons. The van der Waals surface area contributed by atoms with Gasteiger partial charge < -0.3 is 19.5 Å². The molecule has 5 nitrogen and oxygen atoms in total. The molecule has 0 saturated carbocycles. The number of aryl methyl sites for hydroxylation is 1. The fourth-order valence-electron chi connectivity index (χ4n) is 4.36. The second-order valence-electron chi connectivity index (χ2n) is 7.78. The van der Waals surface area contributed by atoms with E-state index in [9.17, 15) is 0 Å². The van der Waals surface area contributed by atoms with Crippen molar-refractivity contribution in [3.8, 4) is 11.4 Å². The van der Waals surface area contributed by atoms with Crippen LogP contribution >= 0.6 is 12.2 Å². The molecule has 1 fully saturated rings. The molecule has 3 heterocycles. The van der Waals surface area contributed by atoms with Gasteiger partial charge in [0, 0.05) is 29.5 Å². The van der Waals surface area contributed by atoms with Gasteiger partial charge in [0.05, 0.1) is 18.8 Å². The minimum Gasteiger partial charge on any atom is -0.497 e. The molecule has 2 aromatic carbocycles. The summed E-state index contributed by atoms with van der Waals surface area (Å²) in [6.45, 7) is 2.13. The van der Waals surface area contributed by atoms with Crippen LogP contribution in [-0.4, -0.2) is 21.8 Å². The molecule has 1 aliphatic rings. The number of nitrogens with zero attached hydrogens (tertiary/aromatic N) is 3. The average Bonchev–Trinajstić information content (AvgIpc) is 3.44. The fraction of sp³-hybridized carbons (Fsp3) is 0.154. The van der Waals surface area contributed by atoms with Crippen molar-refractivity contribution in [2.24, 2.45) is 0 Å². The number of hydrogen-bond acceptors (Lipinski definition) is 3. The van der Waals surface area contributed by atoms with Crippen molar-refractivity contribution in [1.29, 1.82) is 0 Å². The molecule has 0 bridgehead atoms. The summed E-state index contributed by atoms with van der Waals surface area (Å²) >= 11 is 5.84. The van der Waals surface area contributed by atoms with Crippen LogP contribution in [0.1, 0.15) is 29.0 Å². The number of nitrogens with one attached hydrogen (secondary N) is 1. The highest BCUT2D eigenvalue weighted by Gasteiger charge is 2.42. The molecule has 2 aromatic heterocycles. The maximum Gasteiger partial charge on any atom is 0.174 e. The second-order valence-corrected chi connectivity index (χ2v) is 8.17. The maximum absolute atomic E-state index is 5.84. The van der Waals surface area contributed by atoms with Gasteiger partial charge in [0.15, 0.2) is 5.11 Å². The first kappa shape index (κ1) is 20.3. The van der Waals surface area contributed by atoms with Crippen molar-refractivity contribution < 1.29 is 4.74 Å². The number of ether oxygens (including phenoxy) is 1. The maximum atomic E-state index is 5.84. The van der Waals surface area contributed by atoms with Crippen molar-refractivity contribution in [2.45, 2.75) is 19.0 Å². The van der Waals surface area contributed by atoms with Gasteiger partial charge in [0.2, 0.25) is 0 Å². The van der Waals surface area contributed by atoms with E-state index in [1.165, 1.54) is 5.56 Å². The van der Waals surface area contributed by atoms with E-state index in [4.69, 9.17) is 17.0 Å². The van der Waals surface area contributed by atoms with Crippen molar-refractivity contribution in [3.05, 3.63) is 108 Å². The molecular formula is C26H24N4OS. The number of aromatic nitrogens is 2. The molecule has 2 atom stereocenters. The predicted molar refractivity (Wildman–Crippen MR) is 131 cm³/mol. The molecule has 0 radical (unpaired) electrons. The van der Waals surface area contributed by atoms with E-state index >= 15 is 0 Å². The summed E-state index contributed by atoms with van der Waals surface area (Å²) in [6, 6.07) is 26.5. The lowest BCUT2D eigenvalue weighted by Crippen LogP contribution is -2.30. The molecule has 1 saturated heterocycles. The molecule has 1 aliphatic heterocycles. The van der Waals surface area contributed by atoms with Crippen molar-refractivity contribution in [1.82, 2.24) is 14.9 Å². The molecule has 5 rings (SSSR count). The van der Waals surface area contributed by atoms with E-state index < -0.39 is 0 Å². The number of pyridine rings is 1. The van der Waals surface area contributed by atoms with Crippen molar-refractivity contribution >= 4 is 23.0 Å². The van der Waals surface area contributed by atoms with Crippen LogP contribution in [0.25, 0.3) is 5.69 Å². The molecular weight excluding hydrogens is 416 g/mol. The van der Waals surface area contributed by atoms with Gasteiger partial charge in [-0.1, -0.05) is 24.3 Å². The van der Waals surface area contributed by atoms with Crippen LogP contribution in [-0.2, 0) is 0 Å². The van der Waals surface area contributed by atoms with Gasteiger partial charge in [0.1, 0.15) is 11.8 Å². The Morgan fingerprint density at radius 1 is 0.938 bits per heavy atom. The summed E-state index contributed by atoms with van der Waals surface area (Å²) in [6.07, 6.45) is 3.94. The Morgan fingerprint density at radius 2 is 1.72 bits per heavy atom. The van der Waals surface area contributed by atoms with Gasteiger partial charge in [0.25, 0.3) is 0 Å². The highest BCUT2D eigenvalue weighted by molar-refractivity contribution is 7.80. The Morgan fingerprint density at radius 3 is 2.44 bits per heavy atom. The average molecular weight is 441 g/mol. The zero-order valence-electron chi connectivity index (χ0n) is 18.0. The van der Waals surface area contributed by atoms with Crippen molar-refractivity contribution in [2.75, 3.05) is 12.0 Å². The summed E-state index contributed by atoms with van der Waals surface area (Å²) in [7, 11) is 1.67. The van der Waals surface area contributed by atoms with E-state index in [1.54, 1.807) is 7.11 Å². The quantitative estimate of drug-likeness (QED) is 0.423. The van der Waals surface area contributed by atoms with Gasteiger partial charge in [-0.3, -0.25) is 4.98 Å². The van der Waals surface area contributed by atoms with Crippen LogP contribution in [0.5, 0.6) is 5.75 Å². The van der Waals surface area contributed by atoms with Crippen molar-refractivity contribution in [3.63, 3.8) is 0 Å². The number of methoxy groups -OCH3 is 1. The highest BCUT2D eigenvalue weighted by atomic mass is 32.1. The standard InChI is InChI=1S/C26H24N4OS/c1-18-8-3-4-10-22(18)29-17-7-11-23(29)25-24(21-9-5-6-16-27-21)28-26(32)30(25)19-12-14-20(31-2)15-13-19/h3-17,24-25H,1-2H3,(H,28,32)/t24-,25+/m0/s1. The number of rotatable bonds is 5. The Hall–Kier alpha value is -3.64. The summed E-state index contributed by atoms with van der Waals surface area (Å²) in [5, 5.41) is 4.20. The zero-order valence-corrected chi connectivity index (χ0v) is 18.8. The Balaban J connectivity index is 1.66. The van der Waals surface area contributed by atoms with Crippen LogP contribution in [0.3, 0.4) is 0 Å². The molecule has 0 amide bonds. The monoisotopic (exact) mass is 440 g/mol. The third kappa shape index (κ3) is 3.52. The Kier molecular flexibility index (Phi) is 5.37. The topological polar surface area (TPSA) is 42.3 Å². The number of benzene rings is 2. The molecule has 4 aromatic rings. The van der Waals surface area contributed by atoms with Crippen LogP contribution < -0.4 is 15.0 Å². The van der Waals surface area contributed by atoms with E-state index in [1.807, 2.05) is 48.7 Å².